The van der Waals surface area contributed by atoms with Crippen LogP contribution in [-0.4, -0.2) is 30.5 Å². The average molecular weight is 296 g/mol. The lowest BCUT2D eigenvalue weighted by atomic mass is 10.1. The molecule has 0 saturated carbocycles. The van der Waals surface area contributed by atoms with E-state index in [0.717, 1.165) is 16.8 Å². The molecule has 3 rings (SSSR count). The van der Waals surface area contributed by atoms with Crippen LogP contribution in [0.5, 0.6) is 0 Å². The molecule has 0 aliphatic rings. The molecule has 7 nitrogen and oxygen atoms in total. The fourth-order valence-corrected chi connectivity index (χ4v) is 2.18. The molecule has 0 bridgehead atoms. The first-order chi connectivity index (χ1) is 10.7. The van der Waals surface area contributed by atoms with Crippen molar-refractivity contribution in [3.8, 4) is 11.3 Å². The van der Waals surface area contributed by atoms with Crippen molar-refractivity contribution in [1.29, 1.82) is 0 Å². The summed E-state index contributed by atoms with van der Waals surface area (Å²) < 4.78 is 3.31. The van der Waals surface area contributed by atoms with Gasteiger partial charge in [0, 0.05) is 43.9 Å². The summed E-state index contributed by atoms with van der Waals surface area (Å²) in [4.78, 5) is 16.3. The number of amides is 1. The monoisotopic (exact) mass is 296 g/mol. The van der Waals surface area contributed by atoms with Crippen molar-refractivity contribution in [1.82, 2.24) is 29.9 Å². The fourth-order valence-electron chi connectivity index (χ4n) is 2.18. The molecule has 0 radical (unpaired) electrons. The zero-order chi connectivity index (χ0) is 15.4. The van der Waals surface area contributed by atoms with E-state index in [0.29, 0.717) is 6.54 Å². The zero-order valence-corrected chi connectivity index (χ0v) is 12.2. The van der Waals surface area contributed by atoms with Gasteiger partial charge in [0.15, 0.2) is 0 Å². The molecule has 3 aromatic rings. The van der Waals surface area contributed by atoms with E-state index in [9.17, 15) is 4.79 Å². The van der Waals surface area contributed by atoms with Crippen molar-refractivity contribution < 1.29 is 4.79 Å². The smallest absolute Gasteiger partial charge is 0.241 e. The zero-order valence-electron chi connectivity index (χ0n) is 12.2. The van der Waals surface area contributed by atoms with Gasteiger partial charge in [0.2, 0.25) is 5.91 Å². The molecule has 7 heteroatoms. The largest absolute Gasteiger partial charge is 0.350 e. The third-order valence-corrected chi connectivity index (χ3v) is 3.21. The molecule has 0 spiro atoms. The van der Waals surface area contributed by atoms with Crippen molar-refractivity contribution in [3.05, 3.63) is 54.7 Å². The highest BCUT2D eigenvalue weighted by Crippen LogP contribution is 2.20. The molecule has 0 unspecified atom stereocenters. The second kappa shape index (κ2) is 6.21. The molecule has 0 atom stereocenters. The van der Waals surface area contributed by atoms with Gasteiger partial charge in [0.1, 0.15) is 6.54 Å². The Labute approximate surface area is 127 Å². The Morgan fingerprint density at radius 3 is 2.91 bits per heavy atom. The number of carbonyl (C=O) groups is 1. The maximum Gasteiger partial charge on any atom is 0.241 e. The molecule has 1 N–H and O–H groups in total. The van der Waals surface area contributed by atoms with E-state index in [-0.39, 0.29) is 12.5 Å². The lowest BCUT2D eigenvalue weighted by molar-refractivity contribution is -0.122. The Kier molecular flexibility index (Phi) is 3.95. The van der Waals surface area contributed by atoms with Gasteiger partial charge in [0.25, 0.3) is 0 Å². The first-order valence-corrected chi connectivity index (χ1v) is 6.89. The van der Waals surface area contributed by atoms with Crippen molar-refractivity contribution in [2.45, 2.75) is 13.1 Å². The number of nitrogens with zero attached hydrogens (tertiary/aromatic N) is 5. The van der Waals surface area contributed by atoms with Crippen molar-refractivity contribution in [2.24, 2.45) is 7.05 Å². The first kappa shape index (κ1) is 14.0. The summed E-state index contributed by atoms with van der Waals surface area (Å²) in [6.07, 6.45) is 8.80. The van der Waals surface area contributed by atoms with Crippen LogP contribution in [-0.2, 0) is 24.9 Å². The highest BCUT2D eigenvalue weighted by atomic mass is 16.2. The normalized spacial score (nSPS) is 10.6. The van der Waals surface area contributed by atoms with Gasteiger partial charge in [-0.25, -0.2) is 0 Å². The Balaban J connectivity index is 1.69. The maximum atomic E-state index is 11.9. The van der Waals surface area contributed by atoms with Gasteiger partial charge in [-0.3, -0.25) is 19.1 Å². The molecule has 1 amide bonds. The molecule has 0 aromatic carbocycles. The summed E-state index contributed by atoms with van der Waals surface area (Å²) in [5, 5.41) is 11.1. The Hall–Kier alpha value is -2.96. The van der Waals surface area contributed by atoms with E-state index in [1.807, 2.05) is 25.4 Å². The maximum absolute atomic E-state index is 11.9. The molecule has 112 valence electrons. The number of pyridine rings is 1. The molecule has 0 aliphatic carbocycles. The van der Waals surface area contributed by atoms with Crippen LogP contribution in [0.25, 0.3) is 11.3 Å². The van der Waals surface area contributed by atoms with Gasteiger partial charge in [-0.2, -0.15) is 10.2 Å². The Bertz CT molecular complexity index is 762. The lowest BCUT2D eigenvalue weighted by Gasteiger charge is -2.09. The molecule has 3 heterocycles. The van der Waals surface area contributed by atoms with Crippen LogP contribution >= 0.6 is 0 Å². The van der Waals surface area contributed by atoms with Crippen LogP contribution in [0.1, 0.15) is 5.56 Å². The average Bonchev–Trinajstić information content (AvgIpc) is 3.17. The fraction of sp³-hybridized carbons (Fsp3) is 0.200. The van der Waals surface area contributed by atoms with Crippen molar-refractivity contribution >= 4 is 5.91 Å². The minimum absolute atomic E-state index is 0.0929. The summed E-state index contributed by atoms with van der Waals surface area (Å²) in [7, 11) is 1.86. The Morgan fingerprint density at radius 1 is 1.27 bits per heavy atom. The summed E-state index contributed by atoms with van der Waals surface area (Å²) >= 11 is 0. The predicted molar refractivity (Wildman–Crippen MR) is 80.5 cm³/mol. The molecule has 3 aromatic heterocycles. The van der Waals surface area contributed by atoms with Crippen LogP contribution < -0.4 is 5.32 Å². The first-order valence-electron chi connectivity index (χ1n) is 6.89. The van der Waals surface area contributed by atoms with Crippen molar-refractivity contribution in [3.63, 3.8) is 0 Å². The summed E-state index contributed by atoms with van der Waals surface area (Å²) in [6, 6.07) is 5.59. The van der Waals surface area contributed by atoms with Crippen LogP contribution in [0.2, 0.25) is 0 Å². The SMILES string of the molecule is Cn1cc(-c2ncccc2CNC(=O)Cn2cccn2)cn1. The lowest BCUT2D eigenvalue weighted by Crippen LogP contribution is -2.27. The second-order valence-electron chi connectivity index (χ2n) is 4.89. The third kappa shape index (κ3) is 3.20. The predicted octanol–water partition coefficient (Wildman–Crippen LogP) is 0.995. The topological polar surface area (TPSA) is 77.6 Å². The number of aryl methyl sites for hydroxylation is 1. The van der Waals surface area contributed by atoms with E-state index in [2.05, 4.69) is 20.5 Å². The van der Waals surface area contributed by atoms with Gasteiger partial charge in [-0.15, -0.1) is 0 Å². The number of aromatic nitrogens is 5. The van der Waals surface area contributed by atoms with E-state index < -0.39 is 0 Å². The second-order valence-corrected chi connectivity index (χ2v) is 4.89. The molecule has 0 fully saturated rings. The highest BCUT2D eigenvalue weighted by Gasteiger charge is 2.09. The van der Waals surface area contributed by atoms with E-state index in [1.165, 1.54) is 0 Å². The molecule has 22 heavy (non-hydrogen) atoms. The van der Waals surface area contributed by atoms with E-state index in [1.54, 1.807) is 40.2 Å². The Morgan fingerprint density at radius 2 is 2.18 bits per heavy atom. The van der Waals surface area contributed by atoms with Gasteiger partial charge in [-0.05, 0) is 17.7 Å². The number of hydrogen-bond donors (Lipinski definition) is 1. The minimum atomic E-state index is -0.0929. The third-order valence-electron chi connectivity index (χ3n) is 3.21. The van der Waals surface area contributed by atoms with Crippen LogP contribution in [0.3, 0.4) is 0 Å². The molecular weight excluding hydrogens is 280 g/mol. The van der Waals surface area contributed by atoms with Gasteiger partial charge in [0.05, 0.1) is 11.9 Å². The quantitative estimate of drug-likeness (QED) is 0.762. The number of nitrogens with one attached hydrogen (secondary N) is 1. The van der Waals surface area contributed by atoms with Gasteiger partial charge in [-0.1, -0.05) is 6.07 Å². The number of hydrogen-bond acceptors (Lipinski definition) is 4. The summed E-state index contributed by atoms with van der Waals surface area (Å²) in [5.41, 5.74) is 2.71. The molecule has 0 saturated heterocycles. The highest BCUT2D eigenvalue weighted by molar-refractivity contribution is 5.76. The van der Waals surface area contributed by atoms with Gasteiger partial charge < -0.3 is 5.32 Å². The van der Waals surface area contributed by atoms with Crippen molar-refractivity contribution in [2.75, 3.05) is 0 Å². The number of rotatable bonds is 5. The van der Waals surface area contributed by atoms with Crippen LogP contribution in [0.4, 0.5) is 0 Å². The molecule has 0 aliphatic heterocycles. The minimum Gasteiger partial charge on any atom is -0.350 e. The van der Waals surface area contributed by atoms with E-state index in [4.69, 9.17) is 0 Å². The summed E-state index contributed by atoms with van der Waals surface area (Å²) in [5.74, 6) is -0.0929. The van der Waals surface area contributed by atoms with Crippen LogP contribution in [0, 0.1) is 0 Å². The molecular formula is C15H16N6O. The standard InChI is InChI=1S/C15H16N6O/c1-20-10-13(9-19-20)15-12(4-2-5-16-15)8-17-14(22)11-21-7-3-6-18-21/h2-7,9-10H,8,11H2,1H3,(H,17,22). The van der Waals surface area contributed by atoms with E-state index >= 15 is 0 Å². The number of carbonyl (C=O) groups excluding carboxylic acids is 1. The van der Waals surface area contributed by atoms with Crippen LogP contribution in [0.15, 0.2) is 49.2 Å². The van der Waals surface area contributed by atoms with Gasteiger partial charge >= 0.3 is 0 Å². The summed E-state index contributed by atoms with van der Waals surface area (Å²) in [6.45, 7) is 0.619.